The third-order valence-corrected chi connectivity index (χ3v) is 10.6. The molecule has 1 N–H and O–H groups in total. The molecule has 0 atom stereocenters. The van der Waals surface area contributed by atoms with E-state index in [2.05, 4.69) is 4.98 Å². The third kappa shape index (κ3) is 8.03. The molecule has 47 heavy (non-hydrogen) atoms. The van der Waals surface area contributed by atoms with Crippen LogP contribution in [0.15, 0.2) is 88.8 Å². The number of halogens is 3. The fourth-order valence-electron chi connectivity index (χ4n) is 4.42. The lowest BCUT2D eigenvalue weighted by atomic mass is 10.1. The van der Waals surface area contributed by atoms with Crippen LogP contribution in [0, 0.1) is 0 Å². The number of hydrogen-bond donors (Lipinski definition) is 1. The Morgan fingerprint density at radius 1 is 0.766 bits per heavy atom. The fraction of sp³-hybridized carbons (Fsp3) is 0.214. The van der Waals surface area contributed by atoms with Crippen molar-refractivity contribution in [2.75, 3.05) is 42.2 Å². The molecule has 0 fully saturated rings. The van der Waals surface area contributed by atoms with Crippen LogP contribution in [0.25, 0.3) is 10.8 Å². The van der Waals surface area contributed by atoms with Gasteiger partial charge in [0.15, 0.2) is 5.82 Å². The topological polar surface area (TPSA) is 169 Å². The van der Waals surface area contributed by atoms with E-state index < -0.39 is 71.6 Å². The molecule has 0 radical (unpaired) electrons. The molecule has 0 saturated carbocycles. The largest absolute Gasteiger partial charge is 0.497 e. The monoisotopic (exact) mass is 716 g/mol. The van der Waals surface area contributed by atoms with E-state index in [0.29, 0.717) is 16.3 Å². The molecular weight excluding hydrogens is 690 g/mol. The minimum absolute atomic E-state index is 0.0899. The Labute approximate surface area is 268 Å². The number of carbonyl (C=O) groups is 1. The van der Waals surface area contributed by atoms with Gasteiger partial charge in [0.25, 0.3) is 26.0 Å². The van der Waals surface area contributed by atoms with Crippen molar-refractivity contribution in [3.63, 3.8) is 0 Å². The Balaban J connectivity index is 1.96. The maximum absolute atomic E-state index is 13.9. The number of alkyl halides is 3. The molecule has 0 aliphatic carbocycles. The van der Waals surface area contributed by atoms with Gasteiger partial charge in [0.2, 0.25) is 10.0 Å². The number of ether oxygens (including phenoxy) is 2. The number of pyridine rings is 1. The van der Waals surface area contributed by atoms with Crippen LogP contribution in [-0.2, 0) is 34.9 Å². The standard InChI is InChI=1S/C28H27F3N4O9S3/c1-43-19-8-12-21(13-9-19)46(39,40)34(17-26(36)33-45(3,37)38)27-24-7-5-4-6-23(24)25(16-32-27)35(18-28(29,30)31)47(41,42)22-14-10-20(44-2)11-15-22/h4-16H,17-18H2,1-3H3,(H,33,36). The van der Waals surface area contributed by atoms with Crippen molar-refractivity contribution < 1.29 is 52.7 Å². The highest BCUT2D eigenvalue weighted by atomic mass is 32.2. The van der Waals surface area contributed by atoms with Crippen LogP contribution in [0.1, 0.15) is 0 Å². The summed E-state index contributed by atoms with van der Waals surface area (Å²) in [5.41, 5.74) is -0.556. The van der Waals surface area contributed by atoms with Crippen LogP contribution in [0.2, 0.25) is 0 Å². The molecular formula is C28H27F3N4O9S3. The second kappa shape index (κ2) is 13.2. The smallest absolute Gasteiger partial charge is 0.407 e. The van der Waals surface area contributed by atoms with Crippen LogP contribution in [0.3, 0.4) is 0 Å². The lowest BCUT2D eigenvalue weighted by molar-refractivity contribution is -0.118. The molecule has 19 heteroatoms. The zero-order valence-corrected chi connectivity index (χ0v) is 27.2. The number of benzene rings is 3. The molecule has 252 valence electrons. The predicted molar refractivity (Wildman–Crippen MR) is 166 cm³/mol. The van der Waals surface area contributed by atoms with E-state index >= 15 is 0 Å². The van der Waals surface area contributed by atoms with E-state index in [4.69, 9.17) is 9.47 Å². The zero-order chi connectivity index (χ0) is 34.8. The number of aromatic nitrogens is 1. The number of fused-ring (bicyclic) bond motifs is 1. The molecule has 0 unspecified atom stereocenters. The summed E-state index contributed by atoms with van der Waals surface area (Å²) in [6.07, 6.45) is -3.63. The Hall–Kier alpha value is -4.62. The first-order valence-corrected chi connectivity index (χ1v) is 17.9. The van der Waals surface area contributed by atoms with Gasteiger partial charge in [-0.3, -0.25) is 13.8 Å². The first-order chi connectivity index (χ1) is 21.9. The molecule has 0 saturated heterocycles. The van der Waals surface area contributed by atoms with Gasteiger partial charge in [-0.1, -0.05) is 24.3 Å². The van der Waals surface area contributed by atoms with Gasteiger partial charge >= 0.3 is 6.18 Å². The maximum Gasteiger partial charge on any atom is 0.407 e. The minimum Gasteiger partial charge on any atom is -0.497 e. The van der Waals surface area contributed by atoms with Gasteiger partial charge in [-0.15, -0.1) is 0 Å². The minimum atomic E-state index is -5.03. The van der Waals surface area contributed by atoms with Crippen LogP contribution in [0.4, 0.5) is 24.7 Å². The molecule has 0 aliphatic heterocycles. The number of carbonyl (C=O) groups excluding carboxylic acids is 1. The summed E-state index contributed by atoms with van der Waals surface area (Å²) in [7, 11) is -11.1. The maximum atomic E-state index is 13.9. The quantitative estimate of drug-likeness (QED) is 0.230. The van der Waals surface area contributed by atoms with E-state index in [-0.39, 0.29) is 25.7 Å². The van der Waals surface area contributed by atoms with Crippen LogP contribution < -0.4 is 22.8 Å². The van der Waals surface area contributed by atoms with Crippen molar-refractivity contribution in [1.29, 1.82) is 0 Å². The lowest BCUT2D eigenvalue weighted by Crippen LogP contribution is -2.43. The Bertz CT molecular complexity index is 2110. The highest BCUT2D eigenvalue weighted by Gasteiger charge is 2.39. The van der Waals surface area contributed by atoms with Gasteiger partial charge in [0.1, 0.15) is 24.6 Å². The van der Waals surface area contributed by atoms with E-state index in [9.17, 15) is 43.2 Å². The summed E-state index contributed by atoms with van der Waals surface area (Å²) in [6.45, 7) is -3.11. The Kier molecular flexibility index (Phi) is 9.93. The molecule has 0 aliphatic rings. The van der Waals surface area contributed by atoms with Gasteiger partial charge in [-0.2, -0.15) is 13.2 Å². The van der Waals surface area contributed by atoms with Crippen molar-refractivity contribution in [3.8, 4) is 11.5 Å². The van der Waals surface area contributed by atoms with Gasteiger partial charge in [0, 0.05) is 10.8 Å². The fourth-order valence-corrected chi connectivity index (χ4v) is 7.74. The van der Waals surface area contributed by atoms with Crippen molar-refractivity contribution in [2.45, 2.75) is 16.0 Å². The predicted octanol–water partition coefficient (Wildman–Crippen LogP) is 3.28. The van der Waals surface area contributed by atoms with E-state index in [1.54, 1.807) is 4.72 Å². The molecule has 1 aromatic heterocycles. The summed E-state index contributed by atoms with van der Waals surface area (Å²) in [6, 6.07) is 14.8. The number of methoxy groups -OCH3 is 2. The van der Waals surface area contributed by atoms with Crippen molar-refractivity contribution in [2.24, 2.45) is 0 Å². The van der Waals surface area contributed by atoms with E-state index in [0.717, 1.165) is 30.5 Å². The number of sulfonamides is 3. The number of hydrogen-bond acceptors (Lipinski definition) is 10. The average Bonchev–Trinajstić information content (AvgIpc) is 3.01. The molecule has 1 amide bonds. The molecule has 0 bridgehead atoms. The van der Waals surface area contributed by atoms with Crippen LogP contribution >= 0.6 is 0 Å². The number of nitrogens with one attached hydrogen (secondary N) is 1. The number of anilines is 2. The SMILES string of the molecule is COc1ccc(S(=O)(=O)N(CC(F)(F)F)c2cnc(N(CC(=O)NS(C)(=O)=O)S(=O)(=O)c3ccc(OC)cc3)c3ccccc23)cc1. The van der Waals surface area contributed by atoms with Crippen molar-refractivity contribution >= 4 is 58.3 Å². The van der Waals surface area contributed by atoms with Crippen molar-refractivity contribution in [1.82, 2.24) is 9.71 Å². The summed E-state index contributed by atoms with van der Waals surface area (Å²) in [5, 5.41) is -0.358. The Morgan fingerprint density at radius 3 is 1.68 bits per heavy atom. The Morgan fingerprint density at radius 2 is 1.23 bits per heavy atom. The normalized spacial score (nSPS) is 12.4. The molecule has 1 heterocycles. The highest BCUT2D eigenvalue weighted by molar-refractivity contribution is 7.93. The molecule has 4 aromatic rings. The average molecular weight is 717 g/mol. The van der Waals surface area contributed by atoms with Gasteiger partial charge < -0.3 is 9.47 Å². The molecule has 13 nitrogen and oxygen atoms in total. The second-order valence-corrected chi connectivity index (χ2v) is 15.3. The number of nitrogens with zero attached hydrogens (tertiary/aromatic N) is 3. The summed E-state index contributed by atoms with van der Waals surface area (Å²) < 4.78 is 133. The molecule has 0 spiro atoms. The summed E-state index contributed by atoms with van der Waals surface area (Å²) in [5.74, 6) is -1.24. The highest BCUT2D eigenvalue weighted by Crippen LogP contribution is 2.38. The third-order valence-electron chi connectivity index (χ3n) is 6.46. The van der Waals surface area contributed by atoms with Gasteiger partial charge in [-0.05, 0) is 48.5 Å². The molecule has 4 rings (SSSR count). The van der Waals surface area contributed by atoms with Crippen molar-refractivity contribution in [3.05, 3.63) is 79.0 Å². The first-order valence-electron chi connectivity index (χ1n) is 13.2. The summed E-state index contributed by atoms with van der Waals surface area (Å²) in [4.78, 5) is 15.9. The van der Waals surface area contributed by atoms with E-state index in [1.807, 2.05) is 0 Å². The molecule has 3 aromatic carbocycles. The summed E-state index contributed by atoms with van der Waals surface area (Å²) >= 11 is 0. The van der Waals surface area contributed by atoms with Gasteiger partial charge in [0.05, 0.1) is 42.2 Å². The first kappa shape index (κ1) is 35.2. The van der Waals surface area contributed by atoms with E-state index in [1.165, 1.54) is 62.8 Å². The van der Waals surface area contributed by atoms with Crippen LogP contribution in [0.5, 0.6) is 11.5 Å². The van der Waals surface area contributed by atoms with Gasteiger partial charge in [-0.25, -0.2) is 34.5 Å². The zero-order valence-electron chi connectivity index (χ0n) is 24.8. The number of rotatable bonds is 12. The lowest BCUT2D eigenvalue weighted by Gasteiger charge is -2.29. The number of amides is 1. The second-order valence-electron chi connectivity index (χ2n) is 9.80. The van der Waals surface area contributed by atoms with Crippen LogP contribution in [-0.4, -0.2) is 75.9 Å².